The zero-order valence-corrected chi connectivity index (χ0v) is 9.23. The Morgan fingerprint density at radius 1 is 1.47 bits per heavy atom. The average molecular weight is 229 g/mol. The van der Waals surface area contributed by atoms with Gasteiger partial charge in [-0.1, -0.05) is 6.58 Å². The molecule has 5 nitrogen and oxygen atoms in total. The Morgan fingerprint density at radius 2 is 2.20 bits per heavy atom. The van der Waals surface area contributed by atoms with Crippen LogP contribution in [0.4, 0.5) is 0 Å². The third-order valence-corrected chi connectivity index (χ3v) is 2.88. The van der Waals surface area contributed by atoms with Crippen molar-refractivity contribution in [3.63, 3.8) is 0 Å². The van der Waals surface area contributed by atoms with Gasteiger partial charge in [0.15, 0.2) is 0 Å². The molecule has 0 aromatic heterocycles. The van der Waals surface area contributed by atoms with Crippen LogP contribution in [0.5, 0.6) is 0 Å². The van der Waals surface area contributed by atoms with Crippen molar-refractivity contribution in [1.82, 2.24) is 16.0 Å². The Bertz CT molecular complexity index is 252. The normalized spacial score (nSPS) is 19.6. The van der Waals surface area contributed by atoms with E-state index in [1.807, 2.05) is 0 Å². The molecule has 1 saturated heterocycles. The van der Waals surface area contributed by atoms with Gasteiger partial charge in [0.25, 0.3) is 0 Å². The maximum absolute atomic E-state index is 11.4. The topological polar surface area (TPSA) is 70.2 Å². The molecule has 1 aliphatic rings. The van der Waals surface area contributed by atoms with E-state index in [-0.39, 0.29) is 17.9 Å². The summed E-state index contributed by atoms with van der Waals surface area (Å²) in [6.45, 7) is 4.20. The monoisotopic (exact) mass is 229 g/mol. The summed E-state index contributed by atoms with van der Waals surface area (Å²) in [7, 11) is 0. The van der Waals surface area contributed by atoms with Gasteiger partial charge in [0.05, 0.1) is 6.04 Å². The second kappa shape index (κ2) is 6.47. The van der Waals surface area contributed by atoms with Crippen LogP contribution >= 0.6 is 11.8 Å². The summed E-state index contributed by atoms with van der Waals surface area (Å²) in [5.74, 6) is 1.41. The second-order valence-corrected chi connectivity index (χ2v) is 4.09. The van der Waals surface area contributed by atoms with Crippen molar-refractivity contribution in [2.45, 2.75) is 6.04 Å². The molecule has 6 heteroatoms. The highest BCUT2D eigenvalue weighted by molar-refractivity contribution is 7.99. The Hall–Kier alpha value is -1.01. The SMILES string of the molecule is C=CC(=O)NCCNC(=O)C1CSCN1. The van der Waals surface area contributed by atoms with Gasteiger partial charge in [-0.05, 0) is 6.08 Å². The van der Waals surface area contributed by atoms with Crippen LogP contribution in [0, 0.1) is 0 Å². The van der Waals surface area contributed by atoms with Crippen LogP contribution in [0.1, 0.15) is 0 Å². The van der Waals surface area contributed by atoms with Crippen LogP contribution in [0.15, 0.2) is 12.7 Å². The summed E-state index contributed by atoms with van der Waals surface area (Å²) in [6, 6.07) is -0.0925. The van der Waals surface area contributed by atoms with Crippen LogP contribution in [-0.2, 0) is 9.59 Å². The number of carbonyl (C=O) groups excluding carboxylic acids is 2. The molecule has 3 N–H and O–H groups in total. The van der Waals surface area contributed by atoms with Gasteiger partial charge in [-0.15, -0.1) is 11.8 Å². The van der Waals surface area contributed by atoms with Gasteiger partial charge >= 0.3 is 0 Å². The predicted molar refractivity (Wildman–Crippen MR) is 60.5 cm³/mol. The van der Waals surface area contributed by atoms with E-state index in [2.05, 4.69) is 22.5 Å². The highest BCUT2D eigenvalue weighted by atomic mass is 32.2. The molecule has 0 aliphatic carbocycles. The first-order valence-corrected chi connectivity index (χ1v) is 5.88. The number of amides is 2. The summed E-state index contributed by atoms with van der Waals surface area (Å²) >= 11 is 1.70. The van der Waals surface area contributed by atoms with Crippen molar-refractivity contribution in [2.24, 2.45) is 0 Å². The molecule has 0 bridgehead atoms. The number of nitrogens with one attached hydrogen (secondary N) is 3. The van der Waals surface area contributed by atoms with E-state index in [1.54, 1.807) is 11.8 Å². The number of thioether (sulfide) groups is 1. The minimum absolute atomic E-state index is 0.00662. The summed E-state index contributed by atoms with van der Waals surface area (Å²) in [5.41, 5.74) is 0. The van der Waals surface area contributed by atoms with Crippen LogP contribution in [0.3, 0.4) is 0 Å². The van der Waals surface area contributed by atoms with E-state index in [9.17, 15) is 9.59 Å². The third kappa shape index (κ3) is 4.35. The van der Waals surface area contributed by atoms with E-state index >= 15 is 0 Å². The fraction of sp³-hybridized carbons (Fsp3) is 0.556. The minimum atomic E-state index is -0.223. The van der Waals surface area contributed by atoms with Crippen molar-refractivity contribution in [1.29, 1.82) is 0 Å². The quantitative estimate of drug-likeness (QED) is 0.421. The second-order valence-electron chi connectivity index (χ2n) is 3.06. The van der Waals surface area contributed by atoms with Crippen molar-refractivity contribution in [2.75, 3.05) is 24.7 Å². The molecule has 1 fully saturated rings. The van der Waals surface area contributed by atoms with Crippen LogP contribution in [0.2, 0.25) is 0 Å². The van der Waals surface area contributed by atoms with Gasteiger partial charge in [-0.2, -0.15) is 0 Å². The van der Waals surface area contributed by atoms with E-state index < -0.39 is 0 Å². The molecule has 0 radical (unpaired) electrons. The van der Waals surface area contributed by atoms with Crippen LogP contribution < -0.4 is 16.0 Å². The molecule has 0 spiro atoms. The number of hydrogen-bond donors (Lipinski definition) is 3. The summed E-state index contributed by atoms with van der Waals surface area (Å²) in [4.78, 5) is 22.2. The lowest BCUT2D eigenvalue weighted by molar-refractivity contribution is -0.122. The third-order valence-electron chi connectivity index (χ3n) is 1.94. The summed E-state index contributed by atoms with van der Waals surface area (Å²) in [6.07, 6.45) is 1.21. The Labute approximate surface area is 93.1 Å². The Morgan fingerprint density at radius 3 is 2.80 bits per heavy atom. The number of rotatable bonds is 5. The molecule has 2 amide bonds. The van der Waals surface area contributed by atoms with Crippen LogP contribution in [0.25, 0.3) is 0 Å². The van der Waals surface area contributed by atoms with E-state index in [0.717, 1.165) is 11.6 Å². The molecule has 1 aliphatic heterocycles. The van der Waals surface area contributed by atoms with Crippen molar-refractivity contribution in [3.05, 3.63) is 12.7 Å². The summed E-state index contributed by atoms with van der Waals surface area (Å²) in [5, 5.41) is 8.39. The molecule has 84 valence electrons. The lowest BCUT2D eigenvalue weighted by Crippen LogP contribution is -2.44. The fourth-order valence-corrected chi connectivity index (χ4v) is 2.07. The maximum atomic E-state index is 11.4. The Balaban J connectivity index is 2.06. The van der Waals surface area contributed by atoms with Crippen molar-refractivity contribution >= 4 is 23.6 Å². The van der Waals surface area contributed by atoms with Gasteiger partial charge in [-0.3, -0.25) is 14.9 Å². The van der Waals surface area contributed by atoms with E-state index in [1.165, 1.54) is 6.08 Å². The van der Waals surface area contributed by atoms with Gasteiger partial charge < -0.3 is 10.6 Å². The molecule has 1 heterocycles. The fourth-order valence-electron chi connectivity index (χ4n) is 1.13. The standard InChI is InChI=1S/C9H15N3O2S/c1-2-8(13)10-3-4-11-9(14)7-5-15-6-12-7/h2,7,12H,1,3-6H2,(H,10,13)(H,11,14). The van der Waals surface area contributed by atoms with E-state index in [4.69, 9.17) is 0 Å². The molecule has 0 aromatic rings. The minimum Gasteiger partial charge on any atom is -0.353 e. The number of hydrogen-bond acceptors (Lipinski definition) is 4. The average Bonchev–Trinajstić information content (AvgIpc) is 2.77. The molecule has 1 atom stereocenters. The molecule has 15 heavy (non-hydrogen) atoms. The van der Waals surface area contributed by atoms with Gasteiger partial charge in [-0.25, -0.2) is 0 Å². The first kappa shape index (κ1) is 12.1. The molecule has 0 saturated carbocycles. The van der Waals surface area contributed by atoms with E-state index in [0.29, 0.717) is 13.1 Å². The zero-order chi connectivity index (χ0) is 11.1. The lowest BCUT2D eigenvalue weighted by Gasteiger charge is -2.10. The first-order chi connectivity index (χ1) is 7.24. The molecule has 0 aromatic carbocycles. The maximum Gasteiger partial charge on any atom is 0.243 e. The largest absolute Gasteiger partial charge is 0.353 e. The molecule has 1 rings (SSSR count). The van der Waals surface area contributed by atoms with Gasteiger partial charge in [0.1, 0.15) is 0 Å². The highest BCUT2D eigenvalue weighted by Gasteiger charge is 2.21. The van der Waals surface area contributed by atoms with Gasteiger partial charge in [0, 0.05) is 24.7 Å². The lowest BCUT2D eigenvalue weighted by atomic mass is 10.3. The van der Waals surface area contributed by atoms with Gasteiger partial charge in [0.2, 0.25) is 11.8 Å². The summed E-state index contributed by atoms with van der Waals surface area (Å²) < 4.78 is 0. The van der Waals surface area contributed by atoms with Crippen molar-refractivity contribution in [3.8, 4) is 0 Å². The zero-order valence-electron chi connectivity index (χ0n) is 8.41. The van der Waals surface area contributed by atoms with Crippen LogP contribution in [-0.4, -0.2) is 42.6 Å². The molecule has 1 unspecified atom stereocenters. The molecular formula is C9H15N3O2S. The Kier molecular flexibility index (Phi) is 5.20. The smallest absolute Gasteiger partial charge is 0.243 e. The number of carbonyl (C=O) groups is 2. The molecular weight excluding hydrogens is 214 g/mol. The predicted octanol–water partition coefficient (Wildman–Crippen LogP) is -0.933. The highest BCUT2D eigenvalue weighted by Crippen LogP contribution is 2.08. The van der Waals surface area contributed by atoms with Crippen molar-refractivity contribution < 1.29 is 9.59 Å². The first-order valence-electron chi connectivity index (χ1n) is 4.73.